The van der Waals surface area contributed by atoms with Crippen molar-refractivity contribution in [3.63, 3.8) is 0 Å². The van der Waals surface area contributed by atoms with E-state index in [4.69, 9.17) is 11.6 Å². The van der Waals surface area contributed by atoms with Gasteiger partial charge in [0.25, 0.3) is 0 Å². The Morgan fingerprint density at radius 3 is 2.52 bits per heavy atom. The Kier molecular flexibility index (Phi) is 4.29. The highest BCUT2D eigenvalue weighted by Crippen LogP contribution is 2.41. The predicted molar refractivity (Wildman–Crippen MR) is 85.6 cm³/mol. The van der Waals surface area contributed by atoms with Crippen molar-refractivity contribution in [2.24, 2.45) is 5.92 Å². The summed E-state index contributed by atoms with van der Waals surface area (Å²) in [6.45, 7) is 4.53. The molecular formula is C17H22ClN3. The Morgan fingerprint density at radius 2 is 1.95 bits per heavy atom. The van der Waals surface area contributed by atoms with Gasteiger partial charge in [0.1, 0.15) is 11.6 Å². The van der Waals surface area contributed by atoms with Gasteiger partial charge in [0, 0.05) is 12.0 Å². The molecule has 2 atom stereocenters. The zero-order valence-electron chi connectivity index (χ0n) is 12.7. The molecule has 3 rings (SSSR count). The number of aromatic nitrogens is 3. The molecule has 1 aliphatic rings. The van der Waals surface area contributed by atoms with E-state index in [1.807, 2.05) is 0 Å². The zero-order chi connectivity index (χ0) is 14.8. The lowest BCUT2D eigenvalue weighted by Crippen LogP contribution is -2.17. The molecule has 2 aromatic rings. The first-order valence-corrected chi connectivity index (χ1v) is 8.34. The third-order valence-corrected chi connectivity index (χ3v) is 4.71. The van der Waals surface area contributed by atoms with Gasteiger partial charge in [-0.25, -0.2) is 0 Å². The van der Waals surface area contributed by atoms with Crippen molar-refractivity contribution < 1.29 is 0 Å². The van der Waals surface area contributed by atoms with Gasteiger partial charge >= 0.3 is 0 Å². The van der Waals surface area contributed by atoms with E-state index in [0.717, 1.165) is 18.1 Å². The van der Waals surface area contributed by atoms with Crippen LogP contribution in [0.1, 0.15) is 62.3 Å². The summed E-state index contributed by atoms with van der Waals surface area (Å²) in [5.41, 5.74) is 1.32. The lowest BCUT2D eigenvalue weighted by molar-refractivity contribution is 0.458. The van der Waals surface area contributed by atoms with Crippen molar-refractivity contribution in [3.8, 4) is 0 Å². The van der Waals surface area contributed by atoms with Gasteiger partial charge in [0.15, 0.2) is 0 Å². The minimum atomic E-state index is 0.293. The number of halogens is 1. The number of rotatable bonds is 6. The summed E-state index contributed by atoms with van der Waals surface area (Å²) in [6, 6.07) is 11.2. The van der Waals surface area contributed by atoms with E-state index in [1.54, 1.807) is 0 Å². The summed E-state index contributed by atoms with van der Waals surface area (Å²) in [6.07, 6.45) is 3.56. The van der Waals surface area contributed by atoms with E-state index in [9.17, 15) is 0 Å². The van der Waals surface area contributed by atoms with Gasteiger partial charge in [-0.1, -0.05) is 50.6 Å². The maximum Gasteiger partial charge on any atom is 0.148 e. The number of benzene rings is 1. The van der Waals surface area contributed by atoms with Gasteiger partial charge in [-0.05, 0) is 24.3 Å². The molecule has 21 heavy (non-hydrogen) atoms. The number of hydrogen-bond donors (Lipinski definition) is 0. The molecule has 0 radical (unpaired) electrons. The van der Waals surface area contributed by atoms with Crippen molar-refractivity contribution in [1.82, 2.24) is 14.8 Å². The SMILES string of the molecule is CCC(C)C(c1ccccc1)c1nnc(CCl)n1C1CC1. The maximum absolute atomic E-state index is 6.06. The van der Waals surface area contributed by atoms with E-state index >= 15 is 0 Å². The molecule has 0 N–H and O–H groups in total. The number of hydrogen-bond acceptors (Lipinski definition) is 2. The molecular weight excluding hydrogens is 282 g/mol. The Balaban J connectivity index is 2.07. The van der Waals surface area contributed by atoms with Crippen LogP contribution in [-0.2, 0) is 5.88 Å². The molecule has 0 spiro atoms. The van der Waals surface area contributed by atoms with Crippen LogP contribution in [0.25, 0.3) is 0 Å². The van der Waals surface area contributed by atoms with Crippen LogP contribution in [0.5, 0.6) is 0 Å². The molecule has 3 nitrogen and oxygen atoms in total. The van der Waals surface area contributed by atoms with Gasteiger partial charge in [0.2, 0.25) is 0 Å². The smallest absolute Gasteiger partial charge is 0.148 e. The van der Waals surface area contributed by atoms with Crippen LogP contribution in [0.4, 0.5) is 0 Å². The lowest BCUT2D eigenvalue weighted by atomic mass is 9.85. The largest absolute Gasteiger partial charge is 0.310 e. The minimum Gasteiger partial charge on any atom is -0.310 e. The summed E-state index contributed by atoms with van der Waals surface area (Å²) in [4.78, 5) is 0. The minimum absolute atomic E-state index is 0.293. The highest BCUT2D eigenvalue weighted by molar-refractivity contribution is 6.16. The van der Waals surface area contributed by atoms with Crippen LogP contribution in [0, 0.1) is 5.92 Å². The quantitative estimate of drug-likeness (QED) is 0.734. The highest BCUT2D eigenvalue weighted by atomic mass is 35.5. The van der Waals surface area contributed by atoms with Crippen molar-refractivity contribution in [2.75, 3.05) is 0 Å². The van der Waals surface area contributed by atoms with Crippen LogP contribution in [0.2, 0.25) is 0 Å². The highest BCUT2D eigenvalue weighted by Gasteiger charge is 2.34. The molecule has 0 amide bonds. The van der Waals surface area contributed by atoms with E-state index in [-0.39, 0.29) is 0 Å². The molecule has 112 valence electrons. The molecule has 1 fully saturated rings. The average molecular weight is 304 g/mol. The maximum atomic E-state index is 6.06. The van der Waals surface area contributed by atoms with E-state index < -0.39 is 0 Å². The van der Waals surface area contributed by atoms with Crippen LogP contribution in [-0.4, -0.2) is 14.8 Å². The van der Waals surface area contributed by atoms with Crippen LogP contribution >= 0.6 is 11.6 Å². The fourth-order valence-electron chi connectivity index (χ4n) is 3.00. The third kappa shape index (κ3) is 2.84. The fourth-order valence-corrected chi connectivity index (χ4v) is 3.18. The van der Waals surface area contributed by atoms with Crippen LogP contribution in [0.3, 0.4) is 0 Å². The Hall–Kier alpha value is -1.35. The van der Waals surface area contributed by atoms with E-state index in [2.05, 4.69) is 58.9 Å². The molecule has 2 unspecified atom stereocenters. The fraction of sp³-hybridized carbons (Fsp3) is 0.529. The van der Waals surface area contributed by atoms with Gasteiger partial charge in [-0.2, -0.15) is 0 Å². The molecule has 0 bridgehead atoms. The second-order valence-electron chi connectivity index (χ2n) is 5.98. The normalized spacial score (nSPS) is 17.7. The standard InChI is InChI=1S/C17H22ClN3/c1-3-12(2)16(13-7-5-4-6-8-13)17-20-19-15(11-18)21(17)14-9-10-14/h4-8,12,14,16H,3,9-11H2,1-2H3. The molecule has 1 saturated carbocycles. The topological polar surface area (TPSA) is 30.7 Å². The molecule has 1 aromatic carbocycles. The first-order valence-electron chi connectivity index (χ1n) is 7.80. The van der Waals surface area contributed by atoms with Crippen molar-refractivity contribution in [3.05, 3.63) is 47.5 Å². The second-order valence-corrected chi connectivity index (χ2v) is 6.25. The number of alkyl halides is 1. The van der Waals surface area contributed by atoms with Crippen LogP contribution < -0.4 is 0 Å². The number of nitrogens with zero attached hydrogens (tertiary/aromatic N) is 3. The second kappa shape index (κ2) is 6.18. The van der Waals surface area contributed by atoms with E-state index in [1.165, 1.54) is 18.4 Å². The van der Waals surface area contributed by atoms with Crippen LogP contribution in [0.15, 0.2) is 30.3 Å². The summed E-state index contributed by atoms with van der Waals surface area (Å²) >= 11 is 6.06. The summed E-state index contributed by atoms with van der Waals surface area (Å²) in [5, 5.41) is 8.86. The molecule has 0 saturated heterocycles. The van der Waals surface area contributed by atoms with E-state index in [0.29, 0.717) is 23.8 Å². The summed E-state index contributed by atoms with van der Waals surface area (Å²) < 4.78 is 2.30. The third-order valence-electron chi connectivity index (χ3n) is 4.47. The summed E-state index contributed by atoms with van der Waals surface area (Å²) in [7, 11) is 0. The molecule has 1 heterocycles. The molecule has 1 aromatic heterocycles. The monoisotopic (exact) mass is 303 g/mol. The van der Waals surface area contributed by atoms with Gasteiger partial charge in [-0.15, -0.1) is 21.8 Å². The Labute approximate surface area is 131 Å². The van der Waals surface area contributed by atoms with Crippen molar-refractivity contribution in [2.45, 2.75) is 50.9 Å². The zero-order valence-corrected chi connectivity index (χ0v) is 13.4. The first kappa shape index (κ1) is 14.6. The molecule has 1 aliphatic carbocycles. The lowest BCUT2D eigenvalue weighted by Gasteiger charge is -2.24. The van der Waals surface area contributed by atoms with Gasteiger partial charge in [0.05, 0.1) is 5.88 Å². The van der Waals surface area contributed by atoms with Crippen molar-refractivity contribution >= 4 is 11.6 Å². The van der Waals surface area contributed by atoms with Gasteiger partial charge < -0.3 is 4.57 Å². The average Bonchev–Trinajstić information content (AvgIpc) is 3.28. The first-order chi connectivity index (χ1) is 10.3. The Bertz CT molecular complexity index is 589. The van der Waals surface area contributed by atoms with Gasteiger partial charge in [-0.3, -0.25) is 0 Å². The Morgan fingerprint density at radius 1 is 1.24 bits per heavy atom. The van der Waals surface area contributed by atoms with Crippen molar-refractivity contribution in [1.29, 1.82) is 0 Å². The molecule has 0 aliphatic heterocycles. The summed E-state index contributed by atoms with van der Waals surface area (Å²) in [5.74, 6) is 3.26. The molecule has 4 heteroatoms. The predicted octanol–water partition coefficient (Wildman–Crippen LogP) is 4.53.